The van der Waals surface area contributed by atoms with E-state index in [4.69, 9.17) is 0 Å². The molecule has 1 N–H and O–H groups in total. The van der Waals surface area contributed by atoms with Crippen molar-refractivity contribution in [2.24, 2.45) is 0 Å². The van der Waals surface area contributed by atoms with E-state index in [0.29, 0.717) is 0 Å². The van der Waals surface area contributed by atoms with Crippen molar-refractivity contribution in [3.8, 4) is 0 Å². The van der Waals surface area contributed by atoms with Crippen molar-refractivity contribution in [2.45, 2.75) is 17.9 Å². The van der Waals surface area contributed by atoms with Gasteiger partial charge in [0.15, 0.2) is 0 Å². The molecule has 0 amide bonds. The Morgan fingerprint density at radius 1 is 1.38 bits per heavy atom. The van der Waals surface area contributed by atoms with E-state index in [1.807, 2.05) is 18.2 Å². The number of carbonyl (C=O) groups excluding carboxylic acids is 1. The van der Waals surface area contributed by atoms with E-state index >= 15 is 0 Å². The van der Waals surface area contributed by atoms with Crippen LogP contribution in [0, 0.1) is 0 Å². The second-order valence-electron chi connectivity index (χ2n) is 2.87. The van der Waals surface area contributed by atoms with Crippen LogP contribution >= 0.6 is 15.9 Å². The summed E-state index contributed by atoms with van der Waals surface area (Å²) in [7, 11) is 0. The van der Waals surface area contributed by atoms with Crippen LogP contribution in [0.2, 0.25) is 0 Å². The van der Waals surface area contributed by atoms with Crippen molar-refractivity contribution in [3.63, 3.8) is 0 Å². The standard InChI is InChI=1S/C10H11BrO2/c1-7(12)9(11)10(13)8-5-3-2-4-6-8/h2-6,9-10,13H,1H3/t9?,10-/m1/s1. The Hall–Kier alpha value is -0.670. The molecule has 0 bridgehead atoms. The van der Waals surface area contributed by atoms with Gasteiger partial charge in [0, 0.05) is 0 Å². The van der Waals surface area contributed by atoms with Crippen LogP contribution in [0.4, 0.5) is 0 Å². The number of carbonyl (C=O) groups is 1. The molecule has 1 rings (SSSR count). The van der Waals surface area contributed by atoms with Crippen LogP contribution in [-0.2, 0) is 4.79 Å². The summed E-state index contributed by atoms with van der Waals surface area (Å²) in [6.45, 7) is 1.45. The highest BCUT2D eigenvalue weighted by Crippen LogP contribution is 2.22. The molecular weight excluding hydrogens is 232 g/mol. The lowest BCUT2D eigenvalue weighted by Crippen LogP contribution is -2.19. The lowest BCUT2D eigenvalue weighted by molar-refractivity contribution is -0.118. The molecule has 1 aromatic carbocycles. The first-order valence-electron chi connectivity index (χ1n) is 4.00. The van der Waals surface area contributed by atoms with E-state index in [1.54, 1.807) is 12.1 Å². The third kappa shape index (κ3) is 2.64. The molecule has 1 unspecified atom stereocenters. The average Bonchev–Trinajstić information content (AvgIpc) is 2.17. The van der Waals surface area contributed by atoms with Gasteiger partial charge < -0.3 is 5.11 Å². The van der Waals surface area contributed by atoms with Gasteiger partial charge in [-0.1, -0.05) is 46.3 Å². The van der Waals surface area contributed by atoms with Crippen LogP contribution in [0.3, 0.4) is 0 Å². The van der Waals surface area contributed by atoms with Crippen molar-refractivity contribution < 1.29 is 9.90 Å². The summed E-state index contributed by atoms with van der Waals surface area (Å²) in [5.74, 6) is -0.0728. The van der Waals surface area contributed by atoms with Gasteiger partial charge in [-0.3, -0.25) is 4.79 Å². The molecule has 3 heteroatoms. The average molecular weight is 243 g/mol. The predicted octanol–water partition coefficient (Wildman–Crippen LogP) is 2.07. The second kappa shape index (κ2) is 4.53. The summed E-state index contributed by atoms with van der Waals surface area (Å²) < 4.78 is 0. The van der Waals surface area contributed by atoms with Gasteiger partial charge in [-0.2, -0.15) is 0 Å². The fourth-order valence-electron chi connectivity index (χ4n) is 1.04. The number of hydrogen-bond donors (Lipinski definition) is 1. The summed E-state index contributed by atoms with van der Waals surface area (Å²) in [6, 6.07) is 9.12. The van der Waals surface area contributed by atoms with Gasteiger partial charge in [0.1, 0.15) is 10.6 Å². The molecule has 13 heavy (non-hydrogen) atoms. The van der Waals surface area contributed by atoms with Gasteiger partial charge in [0.05, 0.1) is 6.10 Å². The molecule has 0 heterocycles. The molecule has 0 saturated heterocycles. The zero-order chi connectivity index (χ0) is 9.84. The largest absolute Gasteiger partial charge is 0.387 e. The molecule has 1 aromatic rings. The van der Waals surface area contributed by atoms with Gasteiger partial charge >= 0.3 is 0 Å². The number of aliphatic hydroxyl groups excluding tert-OH is 1. The van der Waals surface area contributed by atoms with Gasteiger partial charge in [-0.15, -0.1) is 0 Å². The fourth-order valence-corrected chi connectivity index (χ4v) is 1.35. The Kier molecular flexibility index (Phi) is 3.63. The van der Waals surface area contributed by atoms with E-state index in [9.17, 15) is 9.90 Å². The smallest absolute Gasteiger partial charge is 0.146 e. The SMILES string of the molecule is CC(=O)C(Br)[C@H](O)c1ccccc1. The molecule has 0 saturated carbocycles. The first-order valence-corrected chi connectivity index (χ1v) is 4.92. The summed E-state index contributed by atoms with van der Waals surface area (Å²) in [5.41, 5.74) is 0.750. The van der Waals surface area contributed by atoms with Crippen molar-refractivity contribution in [1.82, 2.24) is 0 Å². The van der Waals surface area contributed by atoms with Crippen molar-refractivity contribution in [3.05, 3.63) is 35.9 Å². The van der Waals surface area contributed by atoms with Crippen LogP contribution in [0.25, 0.3) is 0 Å². The monoisotopic (exact) mass is 242 g/mol. The van der Waals surface area contributed by atoms with Crippen LogP contribution in [0.1, 0.15) is 18.6 Å². The minimum absolute atomic E-state index is 0.0728. The van der Waals surface area contributed by atoms with Gasteiger partial charge in [0.2, 0.25) is 0 Å². The zero-order valence-corrected chi connectivity index (χ0v) is 8.86. The minimum atomic E-state index is -0.765. The third-order valence-electron chi connectivity index (χ3n) is 1.81. The van der Waals surface area contributed by atoms with Gasteiger partial charge in [-0.05, 0) is 12.5 Å². The highest BCUT2D eigenvalue weighted by atomic mass is 79.9. The van der Waals surface area contributed by atoms with E-state index in [2.05, 4.69) is 15.9 Å². The van der Waals surface area contributed by atoms with Crippen molar-refractivity contribution >= 4 is 21.7 Å². The number of alkyl halides is 1. The number of rotatable bonds is 3. The molecule has 0 aromatic heterocycles. The third-order valence-corrected chi connectivity index (χ3v) is 2.95. The molecule has 0 radical (unpaired) electrons. The summed E-state index contributed by atoms with van der Waals surface area (Å²) >= 11 is 3.14. The molecule has 0 aliphatic rings. The first-order chi connectivity index (χ1) is 6.13. The molecule has 70 valence electrons. The summed E-state index contributed by atoms with van der Waals surface area (Å²) in [5, 5.41) is 9.69. The van der Waals surface area contributed by atoms with E-state index in [-0.39, 0.29) is 5.78 Å². The lowest BCUT2D eigenvalue weighted by Gasteiger charge is -2.14. The molecule has 0 aliphatic heterocycles. The number of hydrogen-bond acceptors (Lipinski definition) is 2. The van der Waals surface area contributed by atoms with E-state index < -0.39 is 10.9 Å². The first kappa shape index (κ1) is 10.4. The van der Waals surface area contributed by atoms with Crippen LogP contribution in [0.15, 0.2) is 30.3 Å². The zero-order valence-electron chi connectivity index (χ0n) is 7.27. The van der Waals surface area contributed by atoms with Gasteiger partial charge in [-0.25, -0.2) is 0 Å². The Bertz CT molecular complexity index is 284. The molecule has 0 spiro atoms. The van der Waals surface area contributed by atoms with Crippen LogP contribution in [0.5, 0.6) is 0 Å². The van der Waals surface area contributed by atoms with Crippen LogP contribution < -0.4 is 0 Å². The van der Waals surface area contributed by atoms with E-state index in [0.717, 1.165) is 5.56 Å². The Morgan fingerprint density at radius 2 is 1.92 bits per heavy atom. The highest BCUT2D eigenvalue weighted by Gasteiger charge is 2.21. The minimum Gasteiger partial charge on any atom is -0.387 e. The maximum absolute atomic E-state index is 11.0. The Balaban J connectivity index is 2.79. The highest BCUT2D eigenvalue weighted by molar-refractivity contribution is 9.10. The summed E-state index contributed by atoms with van der Waals surface area (Å²) in [6.07, 6.45) is -0.765. The van der Waals surface area contributed by atoms with Gasteiger partial charge in [0.25, 0.3) is 0 Å². The Morgan fingerprint density at radius 3 is 2.38 bits per heavy atom. The quantitative estimate of drug-likeness (QED) is 0.825. The number of aliphatic hydroxyl groups is 1. The molecule has 2 atom stereocenters. The number of Topliss-reactive ketones (excluding diaryl/α,β-unsaturated/α-hetero) is 1. The molecular formula is C10H11BrO2. The number of halogens is 1. The number of benzene rings is 1. The van der Waals surface area contributed by atoms with Crippen LogP contribution in [-0.4, -0.2) is 15.7 Å². The van der Waals surface area contributed by atoms with E-state index in [1.165, 1.54) is 6.92 Å². The van der Waals surface area contributed by atoms with Crippen molar-refractivity contribution in [1.29, 1.82) is 0 Å². The molecule has 0 aliphatic carbocycles. The predicted molar refractivity (Wildman–Crippen MR) is 54.8 cm³/mol. The Labute approximate surface area is 85.7 Å². The topological polar surface area (TPSA) is 37.3 Å². The normalized spacial score (nSPS) is 15.0. The molecule has 0 fully saturated rings. The lowest BCUT2D eigenvalue weighted by atomic mass is 10.1. The maximum atomic E-state index is 11.0. The maximum Gasteiger partial charge on any atom is 0.146 e. The summed E-state index contributed by atoms with van der Waals surface area (Å²) in [4.78, 5) is 10.4. The fraction of sp³-hybridized carbons (Fsp3) is 0.300. The molecule has 2 nitrogen and oxygen atoms in total. The number of ketones is 1. The van der Waals surface area contributed by atoms with Crippen molar-refractivity contribution in [2.75, 3.05) is 0 Å². The second-order valence-corrected chi connectivity index (χ2v) is 3.85.